The van der Waals surface area contributed by atoms with E-state index in [4.69, 9.17) is 10.5 Å². The van der Waals surface area contributed by atoms with Crippen molar-refractivity contribution in [2.45, 2.75) is 51.0 Å². The van der Waals surface area contributed by atoms with Gasteiger partial charge in [0.1, 0.15) is 0 Å². The lowest BCUT2D eigenvalue weighted by molar-refractivity contribution is 0.0851. The van der Waals surface area contributed by atoms with Crippen LogP contribution >= 0.6 is 0 Å². The molecule has 3 rings (SSSR count). The quantitative estimate of drug-likeness (QED) is 0.902. The van der Waals surface area contributed by atoms with Crippen LogP contribution in [0.2, 0.25) is 0 Å². The second-order valence-corrected chi connectivity index (χ2v) is 6.32. The van der Waals surface area contributed by atoms with Crippen molar-refractivity contribution in [1.82, 2.24) is 0 Å². The van der Waals surface area contributed by atoms with E-state index in [1.54, 1.807) is 0 Å². The Labute approximate surface area is 116 Å². The van der Waals surface area contributed by atoms with Gasteiger partial charge in [-0.3, -0.25) is 0 Å². The summed E-state index contributed by atoms with van der Waals surface area (Å²) in [4.78, 5) is 0. The van der Waals surface area contributed by atoms with Gasteiger partial charge in [0, 0.05) is 6.61 Å². The summed E-state index contributed by atoms with van der Waals surface area (Å²) < 4.78 is 5.76. The zero-order chi connectivity index (χ0) is 13.1. The van der Waals surface area contributed by atoms with E-state index in [1.807, 2.05) is 0 Å². The highest BCUT2D eigenvalue weighted by molar-refractivity contribution is 5.31. The first kappa shape index (κ1) is 13.1. The lowest BCUT2D eigenvalue weighted by Crippen LogP contribution is -2.37. The van der Waals surface area contributed by atoms with E-state index in [2.05, 4.69) is 24.3 Å². The fourth-order valence-electron chi connectivity index (χ4n) is 3.69. The molecule has 2 heteroatoms. The van der Waals surface area contributed by atoms with Gasteiger partial charge in [-0.05, 0) is 68.0 Å². The lowest BCUT2D eigenvalue weighted by Gasteiger charge is -2.38. The molecule has 0 saturated carbocycles. The summed E-state index contributed by atoms with van der Waals surface area (Å²) in [7, 11) is 0. The molecule has 1 aromatic rings. The van der Waals surface area contributed by atoms with Crippen LogP contribution in [0.4, 0.5) is 0 Å². The minimum atomic E-state index is 0.320. The minimum absolute atomic E-state index is 0.320. The Morgan fingerprint density at radius 2 is 2.11 bits per heavy atom. The smallest absolute Gasteiger partial charge is 0.0576 e. The first-order chi connectivity index (χ1) is 9.31. The van der Waals surface area contributed by atoms with E-state index in [0.29, 0.717) is 11.5 Å². The second-order valence-electron chi connectivity index (χ2n) is 6.32. The molecule has 0 amide bonds. The third-order valence-corrected chi connectivity index (χ3v) is 5.06. The van der Waals surface area contributed by atoms with Gasteiger partial charge in [-0.25, -0.2) is 0 Å². The Kier molecular flexibility index (Phi) is 3.90. The molecule has 2 N–H and O–H groups in total. The van der Waals surface area contributed by atoms with Crippen LogP contribution in [0.5, 0.6) is 0 Å². The molecule has 1 aliphatic carbocycles. The molecule has 2 nitrogen and oxygen atoms in total. The van der Waals surface area contributed by atoms with E-state index in [9.17, 15) is 0 Å². The summed E-state index contributed by atoms with van der Waals surface area (Å²) in [6.45, 7) is 1.77. The van der Waals surface area contributed by atoms with Gasteiger partial charge < -0.3 is 10.5 Å². The van der Waals surface area contributed by atoms with Crippen LogP contribution in [0.1, 0.15) is 43.2 Å². The molecular weight excluding hydrogens is 234 g/mol. The molecule has 2 atom stereocenters. The molecule has 1 saturated heterocycles. The molecule has 1 aromatic carbocycles. The molecular formula is C17H25NO. The first-order valence-corrected chi connectivity index (χ1v) is 7.70. The van der Waals surface area contributed by atoms with Crippen LogP contribution in [0.15, 0.2) is 24.3 Å². The zero-order valence-corrected chi connectivity index (χ0v) is 11.7. The molecule has 1 fully saturated rings. The first-order valence-electron chi connectivity index (χ1n) is 7.70. The Balaban J connectivity index is 1.67. The minimum Gasteiger partial charge on any atom is -0.378 e. The number of ether oxygens (including phenoxy) is 1. The van der Waals surface area contributed by atoms with Crippen molar-refractivity contribution < 1.29 is 4.74 Å². The van der Waals surface area contributed by atoms with Crippen molar-refractivity contribution in [3.8, 4) is 0 Å². The number of hydrogen-bond donors (Lipinski definition) is 1. The van der Waals surface area contributed by atoms with Crippen LogP contribution in [-0.2, 0) is 17.6 Å². The van der Waals surface area contributed by atoms with Crippen molar-refractivity contribution in [2.75, 3.05) is 13.2 Å². The van der Waals surface area contributed by atoms with Crippen LogP contribution in [0.25, 0.3) is 0 Å². The number of hydrogen-bond acceptors (Lipinski definition) is 2. The molecule has 2 unspecified atom stereocenters. The third kappa shape index (κ3) is 2.85. The normalized spacial score (nSPS) is 30.3. The number of aryl methyl sites for hydroxylation is 1. The van der Waals surface area contributed by atoms with Gasteiger partial charge in [0.15, 0.2) is 0 Å². The summed E-state index contributed by atoms with van der Waals surface area (Å²) in [6.07, 6.45) is 9.00. The molecule has 2 aliphatic rings. The van der Waals surface area contributed by atoms with Crippen molar-refractivity contribution in [3.63, 3.8) is 0 Å². The maximum atomic E-state index is 6.14. The number of fused-ring (bicyclic) bond motifs is 1. The van der Waals surface area contributed by atoms with Gasteiger partial charge >= 0.3 is 0 Å². The fraction of sp³-hybridized carbons (Fsp3) is 0.647. The molecule has 0 radical (unpaired) electrons. The summed E-state index contributed by atoms with van der Waals surface area (Å²) in [5, 5.41) is 0. The largest absolute Gasteiger partial charge is 0.378 e. The molecule has 1 aliphatic heterocycles. The van der Waals surface area contributed by atoms with Gasteiger partial charge in [-0.1, -0.05) is 24.3 Å². The number of nitrogens with two attached hydrogens (primary N) is 1. The Morgan fingerprint density at radius 1 is 1.26 bits per heavy atom. The zero-order valence-electron chi connectivity index (χ0n) is 11.7. The van der Waals surface area contributed by atoms with Crippen LogP contribution in [0.3, 0.4) is 0 Å². The Bertz CT molecular complexity index is 425. The number of rotatable bonds is 4. The van der Waals surface area contributed by atoms with Gasteiger partial charge in [-0.15, -0.1) is 0 Å². The van der Waals surface area contributed by atoms with Gasteiger partial charge in [0.05, 0.1) is 6.10 Å². The molecule has 1 heterocycles. The van der Waals surface area contributed by atoms with Crippen molar-refractivity contribution >= 4 is 0 Å². The summed E-state index contributed by atoms with van der Waals surface area (Å²) >= 11 is 0. The average molecular weight is 259 g/mol. The Morgan fingerprint density at radius 3 is 2.84 bits per heavy atom. The summed E-state index contributed by atoms with van der Waals surface area (Å²) in [5.41, 5.74) is 9.51. The van der Waals surface area contributed by atoms with Crippen molar-refractivity contribution in [1.29, 1.82) is 0 Å². The van der Waals surface area contributed by atoms with Crippen molar-refractivity contribution in [3.05, 3.63) is 35.4 Å². The van der Waals surface area contributed by atoms with E-state index < -0.39 is 0 Å². The highest BCUT2D eigenvalue weighted by Gasteiger charge is 2.33. The van der Waals surface area contributed by atoms with E-state index in [0.717, 1.165) is 19.6 Å². The van der Waals surface area contributed by atoms with Gasteiger partial charge in [0.25, 0.3) is 0 Å². The van der Waals surface area contributed by atoms with E-state index in [-0.39, 0.29) is 0 Å². The highest BCUT2D eigenvalue weighted by atomic mass is 16.5. The number of benzene rings is 1. The molecule has 0 aromatic heterocycles. The summed E-state index contributed by atoms with van der Waals surface area (Å²) in [5.74, 6) is 0. The SMILES string of the molecule is NCC1(CCC2CCCO2)CCc2ccccc2C1. The van der Waals surface area contributed by atoms with E-state index in [1.165, 1.54) is 49.7 Å². The summed E-state index contributed by atoms with van der Waals surface area (Å²) in [6, 6.07) is 8.87. The van der Waals surface area contributed by atoms with Crippen LogP contribution < -0.4 is 5.73 Å². The predicted molar refractivity (Wildman–Crippen MR) is 78.2 cm³/mol. The van der Waals surface area contributed by atoms with E-state index >= 15 is 0 Å². The maximum absolute atomic E-state index is 6.14. The molecule has 0 bridgehead atoms. The van der Waals surface area contributed by atoms with Crippen molar-refractivity contribution in [2.24, 2.45) is 11.1 Å². The highest BCUT2D eigenvalue weighted by Crippen LogP contribution is 2.39. The Hall–Kier alpha value is -0.860. The standard InChI is InChI=1S/C17H25NO/c18-13-17(10-8-16-6-3-11-19-16)9-7-14-4-1-2-5-15(14)12-17/h1-2,4-5,16H,3,6-13,18H2. The lowest BCUT2D eigenvalue weighted by atomic mass is 9.68. The predicted octanol–water partition coefficient (Wildman–Crippen LogP) is 3.08. The molecule has 104 valence electrons. The van der Waals surface area contributed by atoms with Gasteiger partial charge in [-0.2, -0.15) is 0 Å². The molecule has 19 heavy (non-hydrogen) atoms. The van der Waals surface area contributed by atoms with Gasteiger partial charge in [0.2, 0.25) is 0 Å². The van der Waals surface area contributed by atoms with Crippen LogP contribution in [-0.4, -0.2) is 19.3 Å². The monoisotopic (exact) mass is 259 g/mol. The third-order valence-electron chi connectivity index (χ3n) is 5.06. The average Bonchev–Trinajstić information content (AvgIpc) is 2.98. The second kappa shape index (κ2) is 5.64. The molecule has 0 spiro atoms. The van der Waals surface area contributed by atoms with Crippen LogP contribution in [0, 0.1) is 5.41 Å². The fourth-order valence-corrected chi connectivity index (χ4v) is 3.69. The maximum Gasteiger partial charge on any atom is 0.0576 e. The topological polar surface area (TPSA) is 35.2 Å².